The fourth-order valence-electron chi connectivity index (χ4n) is 2.99. The van der Waals surface area contributed by atoms with Crippen molar-refractivity contribution in [3.05, 3.63) is 95.6 Å². The maximum atomic E-state index is 11.9. The van der Waals surface area contributed by atoms with Crippen molar-refractivity contribution in [1.82, 2.24) is 10.7 Å². The summed E-state index contributed by atoms with van der Waals surface area (Å²) in [7, 11) is 0. The molecule has 0 bridgehead atoms. The van der Waals surface area contributed by atoms with Crippen molar-refractivity contribution in [3.8, 4) is 11.5 Å². The number of carbonyl (C=O) groups is 2. The number of nitrogens with one attached hydrogen (secondary N) is 2. The summed E-state index contributed by atoms with van der Waals surface area (Å²) in [4.78, 5) is 23.9. The Balaban J connectivity index is 1.50. The Labute approximate surface area is 193 Å². The van der Waals surface area contributed by atoms with Crippen LogP contribution in [0.3, 0.4) is 0 Å². The smallest absolute Gasteiger partial charge is 0.329 e. The number of nitrogens with zero attached hydrogens (tertiary/aromatic N) is 1. The van der Waals surface area contributed by atoms with E-state index in [0.717, 1.165) is 11.1 Å². The second-order valence-electron chi connectivity index (χ2n) is 7.10. The molecule has 0 heterocycles. The van der Waals surface area contributed by atoms with E-state index in [1.54, 1.807) is 18.2 Å². The maximum absolute atomic E-state index is 11.9. The zero-order chi connectivity index (χ0) is 23.3. The van der Waals surface area contributed by atoms with Gasteiger partial charge in [-0.15, -0.1) is 0 Å². The summed E-state index contributed by atoms with van der Waals surface area (Å²) in [5, 5.41) is 6.45. The molecule has 0 fully saturated rings. The number of rotatable bonds is 10. The van der Waals surface area contributed by atoms with Gasteiger partial charge in [-0.2, -0.15) is 5.10 Å². The van der Waals surface area contributed by atoms with Crippen LogP contribution in [0.5, 0.6) is 11.5 Å². The van der Waals surface area contributed by atoms with Gasteiger partial charge in [0.25, 0.3) is 0 Å². The van der Waals surface area contributed by atoms with Crippen LogP contribution >= 0.6 is 0 Å². The van der Waals surface area contributed by atoms with Gasteiger partial charge in [0.1, 0.15) is 6.61 Å². The van der Waals surface area contributed by atoms with E-state index in [0.29, 0.717) is 43.2 Å². The van der Waals surface area contributed by atoms with Crippen molar-refractivity contribution in [2.24, 2.45) is 5.10 Å². The van der Waals surface area contributed by atoms with E-state index in [1.165, 1.54) is 6.21 Å². The predicted molar refractivity (Wildman–Crippen MR) is 127 cm³/mol. The van der Waals surface area contributed by atoms with Crippen LogP contribution in [0.2, 0.25) is 0 Å². The highest BCUT2D eigenvalue weighted by Gasteiger charge is 2.12. The van der Waals surface area contributed by atoms with Gasteiger partial charge in [0.15, 0.2) is 11.5 Å². The summed E-state index contributed by atoms with van der Waals surface area (Å²) >= 11 is 0. The number of amides is 2. The zero-order valence-electron chi connectivity index (χ0n) is 18.5. The molecule has 3 rings (SSSR count). The molecule has 7 heteroatoms. The molecular weight excluding hydrogens is 418 g/mol. The molecule has 3 aromatic carbocycles. The lowest BCUT2D eigenvalue weighted by Gasteiger charge is -2.12. The molecule has 7 nitrogen and oxygen atoms in total. The van der Waals surface area contributed by atoms with E-state index < -0.39 is 11.8 Å². The van der Waals surface area contributed by atoms with E-state index in [4.69, 9.17) is 9.47 Å². The Morgan fingerprint density at radius 3 is 2.24 bits per heavy atom. The summed E-state index contributed by atoms with van der Waals surface area (Å²) < 4.78 is 11.6. The molecule has 0 aliphatic carbocycles. The lowest BCUT2D eigenvalue weighted by atomic mass is 10.1. The Hall–Kier alpha value is -4.13. The molecule has 0 radical (unpaired) electrons. The van der Waals surface area contributed by atoms with Crippen LogP contribution in [0.25, 0.3) is 0 Å². The molecule has 0 aliphatic heterocycles. The predicted octanol–water partition coefficient (Wildman–Crippen LogP) is 3.47. The highest BCUT2D eigenvalue weighted by atomic mass is 16.5. The van der Waals surface area contributed by atoms with Crippen LogP contribution in [-0.2, 0) is 22.6 Å². The molecule has 0 spiro atoms. The fraction of sp³-hybridized carbons (Fsp3) is 0.192. The van der Waals surface area contributed by atoms with Crippen LogP contribution in [0.1, 0.15) is 23.6 Å². The van der Waals surface area contributed by atoms with Gasteiger partial charge >= 0.3 is 11.8 Å². The fourth-order valence-corrected chi connectivity index (χ4v) is 2.99. The quantitative estimate of drug-likeness (QED) is 0.284. The average Bonchev–Trinajstić information content (AvgIpc) is 2.85. The molecule has 0 atom stereocenters. The average molecular weight is 446 g/mol. The van der Waals surface area contributed by atoms with Gasteiger partial charge in [0.05, 0.1) is 12.8 Å². The number of hydrogen-bond donors (Lipinski definition) is 2. The van der Waals surface area contributed by atoms with Crippen LogP contribution in [-0.4, -0.2) is 31.2 Å². The molecule has 170 valence electrons. The largest absolute Gasteiger partial charge is 0.490 e. The minimum absolute atomic E-state index is 0.363. The van der Waals surface area contributed by atoms with E-state index >= 15 is 0 Å². The Kier molecular flexibility index (Phi) is 9.03. The Morgan fingerprint density at radius 2 is 1.55 bits per heavy atom. The monoisotopic (exact) mass is 445 g/mol. The van der Waals surface area contributed by atoms with Crippen LogP contribution in [0.4, 0.5) is 0 Å². The zero-order valence-corrected chi connectivity index (χ0v) is 18.5. The first-order chi connectivity index (χ1) is 16.2. The highest BCUT2D eigenvalue weighted by molar-refractivity contribution is 6.35. The number of carbonyl (C=O) groups excluding carboxylic acids is 2. The van der Waals surface area contributed by atoms with Gasteiger partial charge in [-0.25, -0.2) is 5.43 Å². The third-order valence-corrected chi connectivity index (χ3v) is 4.63. The first kappa shape index (κ1) is 23.5. The van der Waals surface area contributed by atoms with Crippen molar-refractivity contribution in [2.45, 2.75) is 20.0 Å². The molecule has 2 N–H and O–H groups in total. The van der Waals surface area contributed by atoms with Crippen molar-refractivity contribution in [3.63, 3.8) is 0 Å². The van der Waals surface area contributed by atoms with Gasteiger partial charge in [-0.05, 0) is 48.2 Å². The number of hydrogen-bond acceptors (Lipinski definition) is 5. The summed E-state index contributed by atoms with van der Waals surface area (Å²) in [5.74, 6) is -0.378. The van der Waals surface area contributed by atoms with Crippen molar-refractivity contribution < 1.29 is 19.1 Å². The minimum Gasteiger partial charge on any atom is -0.490 e. The van der Waals surface area contributed by atoms with Gasteiger partial charge in [-0.3, -0.25) is 9.59 Å². The van der Waals surface area contributed by atoms with Crippen molar-refractivity contribution >= 4 is 18.0 Å². The number of hydrazone groups is 1. The Bertz CT molecular complexity index is 1070. The van der Waals surface area contributed by atoms with Crippen LogP contribution < -0.4 is 20.2 Å². The molecule has 0 aromatic heterocycles. The number of benzene rings is 3. The third-order valence-electron chi connectivity index (χ3n) is 4.63. The Morgan fingerprint density at radius 1 is 0.848 bits per heavy atom. The topological polar surface area (TPSA) is 89.0 Å². The van der Waals surface area contributed by atoms with Crippen molar-refractivity contribution in [1.29, 1.82) is 0 Å². The van der Waals surface area contributed by atoms with Gasteiger partial charge in [0, 0.05) is 6.54 Å². The molecule has 0 aliphatic rings. The summed E-state index contributed by atoms with van der Waals surface area (Å²) in [5.41, 5.74) is 5.06. The van der Waals surface area contributed by atoms with Gasteiger partial charge < -0.3 is 14.8 Å². The summed E-state index contributed by atoms with van der Waals surface area (Å²) in [6.07, 6.45) is 2.08. The van der Waals surface area contributed by atoms with Gasteiger partial charge in [0.2, 0.25) is 0 Å². The molecule has 33 heavy (non-hydrogen) atoms. The number of ether oxygens (including phenoxy) is 2. The highest BCUT2D eigenvalue weighted by Crippen LogP contribution is 2.28. The lowest BCUT2D eigenvalue weighted by molar-refractivity contribution is -0.139. The summed E-state index contributed by atoms with van der Waals surface area (Å²) in [6, 6.07) is 24.9. The van der Waals surface area contributed by atoms with Crippen molar-refractivity contribution in [2.75, 3.05) is 13.2 Å². The molecule has 2 amide bonds. The molecule has 0 unspecified atom stereocenters. The SMILES string of the molecule is CCOc1cc(/C=N\NC(=O)C(=O)NCCc2ccccc2)ccc1OCc1ccccc1. The second kappa shape index (κ2) is 12.7. The van der Waals surface area contributed by atoms with Crippen LogP contribution in [0.15, 0.2) is 84.0 Å². The van der Waals surface area contributed by atoms with E-state index in [9.17, 15) is 9.59 Å². The summed E-state index contributed by atoms with van der Waals surface area (Å²) in [6.45, 7) is 3.15. The standard InChI is InChI=1S/C26H27N3O4/c1-2-32-24-17-22(13-14-23(24)33-19-21-11-7-4-8-12-21)18-28-29-26(31)25(30)27-16-15-20-9-5-3-6-10-20/h3-14,17-18H,2,15-16,19H2,1H3,(H,27,30)(H,29,31)/b28-18-. The molecular formula is C26H27N3O4. The maximum Gasteiger partial charge on any atom is 0.329 e. The van der Waals surface area contributed by atoms with E-state index in [2.05, 4.69) is 15.8 Å². The first-order valence-corrected chi connectivity index (χ1v) is 10.7. The van der Waals surface area contributed by atoms with E-state index in [1.807, 2.05) is 67.6 Å². The molecule has 0 saturated carbocycles. The minimum atomic E-state index is -0.827. The normalized spacial score (nSPS) is 10.6. The first-order valence-electron chi connectivity index (χ1n) is 10.7. The second-order valence-corrected chi connectivity index (χ2v) is 7.10. The lowest BCUT2D eigenvalue weighted by Crippen LogP contribution is -2.38. The molecule has 0 saturated heterocycles. The third kappa shape index (κ3) is 7.81. The van der Waals surface area contributed by atoms with E-state index in [-0.39, 0.29) is 0 Å². The molecule has 3 aromatic rings. The van der Waals surface area contributed by atoms with Crippen LogP contribution in [0, 0.1) is 0 Å². The van der Waals surface area contributed by atoms with Gasteiger partial charge in [-0.1, -0.05) is 60.7 Å².